The number of halogens is 2. The Labute approximate surface area is 127 Å². The molecule has 0 atom stereocenters. The number of hydrogen-bond acceptors (Lipinski definition) is 2. The molecule has 0 unspecified atom stereocenters. The average molecular weight is 340 g/mol. The van der Waals surface area contributed by atoms with Crippen LogP contribution in [0.15, 0.2) is 46.9 Å². The fourth-order valence-electron chi connectivity index (χ4n) is 1.97. The van der Waals surface area contributed by atoms with Gasteiger partial charge in [0.15, 0.2) is 0 Å². The number of rotatable bonds is 4. The first-order chi connectivity index (χ1) is 9.06. The van der Waals surface area contributed by atoms with E-state index in [1.165, 1.54) is 5.56 Å². The van der Waals surface area contributed by atoms with E-state index in [0.717, 1.165) is 28.8 Å². The van der Waals surface area contributed by atoms with Gasteiger partial charge in [0.1, 0.15) is 0 Å². The number of anilines is 1. The number of nitrogens with two attached hydrogens (primary N) is 1. The van der Waals surface area contributed by atoms with Crippen molar-refractivity contribution in [2.75, 3.05) is 12.8 Å². The Morgan fingerprint density at radius 2 is 1.79 bits per heavy atom. The molecule has 0 saturated carbocycles. The van der Waals surface area contributed by atoms with Gasteiger partial charge in [-0.25, -0.2) is 0 Å². The van der Waals surface area contributed by atoms with Crippen molar-refractivity contribution < 1.29 is 0 Å². The molecule has 0 spiro atoms. The van der Waals surface area contributed by atoms with Crippen molar-refractivity contribution >= 4 is 33.2 Å². The molecule has 2 N–H and O–H groups in total. The molecule has 2 aromatic rings. The third-order valence-electron chi connectivity index (χ3n) is 2.95. The Balaban J connectivity index is 2.05. The predicted molar refractivity (Wildman–Crippen MR) is 85.2 cm³/mol. The molecular weight excluding hydrogens is 324 g/mol. The molecule has 0 amide bonds. The summed E-state index contributed by atoms with van der Waals surface area (Å²) >= 11 is 9.47. The average Bonchev–Trinajstić information content (AvgIpc) is 2.36. The summed E-state index contributed by atoms with van der Waals surface area (Å²) in [6.45, 7) is 1.66. The van der Waals surface area contributed by atoms with E-state index in [0.29, 0.717) is 5.02 Å². The van der Waals surface area contributed by atoms with Gasteiger partial charge in [0, 0.05) is 28.3 Å². The predicted octanol–water partition coefficient (Wildman–Crippen LogP) is 4.32. The van der Waals surface area contributed by atoms with Gasteiger partial charge in [-0.2, -0.15) is 0 Å². The molecule has 0 heterocycles. The zero-order valence-electron chi connectivity index (χ0n) is 10.7. The van der Waals surface area contributed by atoms with E-state index < -0.39 is 0 Å². The van der Waals surface area contributed by atoms with Crippen LogP contribution in [0.5, 0.6) is 0 Å². The Morgan fingerprint density at radius 3 is 2.47 bits per heavy atom. The summed E-state index contributed by atoms with van der Waals surface area (Å²) in [6, 6.07) is 13.9. The highest BCUT2D eigenvalue weighted by Crippen LogP contribution is 2.21. The van der Waals surface area contributed by atoms with Crippen LogP contribution in [0.25, 0.3) is 0 Å². The monoisotopic (exact) mass is 338 g/mol. The summed E-state index contributed by atoms with van der Waals surface area (Å²) in [7, 11) is 2.08. The van der Waals surface area contributed by atoms with Gasteiger partial charge in [-0.1, -0.05) is 51.8 Å². The lowest BCUT2D eigenvalue weighted by Crippen LogP contribution is -2.18. The molecule has 0 saturated heterocycles. The van der Waals surface area contributed by atoms with Crippen molar-refractivity contribution in [3.63, 3.8) is 0 Å². The first-order valence-corrected chi connectivity index (χ1v) is 7.19. The zero-order chi connectivity index (χ0) is 13.8. The number of nitrogen functional groups attached to an aromatic ring is 1. The van der Waals surface area contributed by atoms with Crippen molar-refractivity contribution in [1.29, 1.82) is 0 Å². The maximum atomic E-state index is 5.97. The van der Waals surface area contributed by atoms with E-state index in [9.17, 15) is 0 Å². The van der Waals surface area contributed by atoms with Crippen LogP contribution < -0.4 is 5.73 Å². The zero-order valence-corrected chi connectivity index (χ0v) is 13.1. The molecule has 19 heavy (non-hydrogen) atoms. The van der Waals surface area contributed by atoms with E-state index in [1.54, 1.807) is 6.07 Å². The van der Waals surface area contributed by atoms with E-state index in [4.69, 9.17) is 17.3 Å². The van der Waals surface area contributed by atoms with Crippen molar-refractivity contribution in [1.82, 2.24) is 4.90 Å². The van der Waals surface area contributed by atoms with Gasteiger partial charge in [0.25, 0.3) is 0 Å². The number of nitrogens with zero attached hydrogens (tertiary/aromatic N) is 1. The second-order valence-electron chi connectivity index (χ2n) is 4.61. The first kappa shape index (κ1) is 14.4. The molecule has 0 radical (unpaired) electrons. The normalized spacial score (nSPS) is 10.9. The van der Waals surface area contributed by atoms with Crippen LogP contribution in [0.4, 0.5) is 5.69 Å². The van der Waals surface area contributed by atoms with E-state index >= 15 is 0 Å². The lowest BCUT2D eigenvalue weighted by Gasteiger charge is -2.18. The number of benzene rings is 2. The van der Waals surface area contributed by atoms with Crippen molar-refractivity contribution in [3.8, 4) is 0 Å². The highest BCUT2D eigenvalue weighted by molar-refractivity contribution is 9.10. The summed E-state index contributed by atoms with van der Waals surface area (Å²) in [5.74, 6) is 0. The quantitative estimate of drug-likeness (QED) is 0.841. The smallest absolute Gasteiger partial charge is 0.0426 e. The highest BCUT2D eigenvalue weighted by atomic mass is 79.9. The Morgan fingerprint density at radius 1 is 1.11 bits per heavy atom. The van der Waals surface area contributed by atoms with Crippen LogP contribution >= 0.6 is 27.5 Å². The summed E-state index contributed by atoms with van der Waals surface area (Å²) in [4.78, 5) is 2.22. The summed E-state index contributed by atoms with van der Waals surface area (Å²) < 4.78 is 1.13. The molecule has 0 aliphatic rings. The van der Waals surface area contributed by atoms with Crippen molar-refractivity contribution in [2.24, 2.45) is 0 Å². The van der Waals surface area contributed by atoms with Gasteiger partial charge in [0.2, 0.25) is 0 Å². The number of hydrogen-bond donors (Lipinski definition) is 1. The second-order valence-corrected chi connectivity index (χ2v) is 5.90. The minimum Gasteiger partial charge on any atom is -0.398 e. The van der Waals surface area contributed by atoms with Gasteiger partial charge >= 0.3 is 0 Å². The summed E-state index contributed by atoms with van der Waals surface area (Å²) in [5.41, 5.74) is 9.07. The second kappa shape index (κ2) is 6.42. The fourth-order valence-corrected chi connectivity index (χ4v) is 2.56. The van der Waals surface area contributed by atoms with Crippen LogP contribution in [0, 0.1) is 0 Å². The van der Waals surface area contributed by atoms with Gasteiger partial charge in [-0.15, -0.1) is 0 Å². The molecule has 0 aliphatic carbocycles. The molecule has 100 valence electrons. The van der Waals surface area contributed by atoms with Crippen molar-refractivity contribution in [2.45, 2.75) is 13.1 Å². The highest BCUT2D eigenvalue weighted by Gasteiger charge is 2.07. The molecule has 0 aromatic heterocycles. The molecule has 0 fully saturated rings. The lowest BCUT2D eigenvalue weighted by atomic mass is 10.1. The minimum absolute atomic E-state index is 0.676. The largest absolute Gasteiger partial charge is 0.398 e. The SMILES string of the molecule is CN(Cc1ccc(Cl)cc1N)Cc1ccccc1Br. The maximum Gasteiger partial charge on any atom is 0.0426 e. The molecule has 0 aliphatic heterocycles. The van der Waals surface area contributed by atoms with Crippen LogP contribution in [-0.4, -0.2) is 11.9 Å². The van der Waals surface area contributed by atoms with Gasteiger partial charge in [-0.3, -0.25) is 4.90 Å². The Hall–Kier alpha value is -1.03. The van der Waals surface area contributed by atoms with Gasteiger partial charge in [-0.05, 0) is 36.4 Å². The maximum absolute atomic E-state index is 5.97. The van der Waals surface area contributed by atoms with Crippen LogP contribution in [0.1, 0.15) is 11.1 Å². The summed E-state index contributed by atoms with van der Waals surface area (Å²) in [6.07, 6.45) is 0. The molecule has 2 rings (SSSR count). The van der Waals surface area contributed by atoms with Crippen LogP contribution in [-0.2, 0) is 13.1 Å². The van der Waals surface area contributed by atoms with Crippen LogP contribution in [0.3, 0.4) is 0 Å². The van der Waals surface area contributed by atoms with E-state index in [2.05, 4.69) is 40.0 Å². The standard InChI is InChI=1S/C15H16BrClN2/c1-19(9-11-4-2-3-5-14(11)16)10-12-6-7-13(17)8-15(12)18/h2-8H,9-10,18H2,1H3. The lowest BCUT2D eigenvalue weighted by molar-refractivity contribution is 0.319. The molecular formula is C15H16BrClN2. The molecule has 0 bridgehead atoms. The third-order valence-corrected chi connectivity index (χ3v) is 3.95. The van der Waals surface area contributed by atoms with Crippen LogP contribution in [0.2, 0.25) is 5.02 Å². The third kappa shape index (κ3) is 3.96. The molecule has 4 heteroatoms. The first-order valence-electron chi connectivity index (χ1n) is 6.02. The molecule has 2 aromatic carbocycles. The topological polar surface area (TPSA) is 29.3 Å². The van der Waals surface area contributed by atoms with E-state index in [1.807, 2.05) is 24.3 Å². The minimum atomic E-state index is 0.676. The molecule has 2 nitrogen and oxygen atoms in total. The van der Waals surface area contributed by atoms with Crippen molar-refractivity contribution in [3.05, 3.63) is 63.1 Å². The Bertz CT molecular complexity index is 572. The Kier molecular flexibility index (Phi) is 4.86. The summed E-state index contributed by atoms with van der Waals surface area (Å²) in [5, 5.41) is 0.676. The van der Waals surface area contributed by atoms with E-state index in [-0.39, 0.29) is 0 Å². The van der Waals surface area contributed by atoms with Gasteiger partial charge < -0.3 is 5.73 Å². The fraction of sp³-hybridized carbons (Fsp3) is 0.200. The van der Waals surface area contributed by atoms with Gasteiger partial charge in [0.05, 0.1) is 0 Å².